The number of hydrogen-bond acceptors (Lipinski definition) is 1. The van der Waals surface area contributed by atoms with E-state index in [4.69, 9.17) is 6.42 Å². The summed E-state index contributed by atoms with van der Waals surface area (Å²) in [5.41, 5.74) is 0. The van der Waals surface area contributed by atoms with Gasteiger partial charge in [0.25, 0.3) is 0 Å². The zero-order valence-electron chi connectivity index (χ0n) is 5.97. The number of nitrogens with zero attached hydrogens (tertiary/aromatic N) is 1. The molecule has 0 amide bonds. The van der Waals surface area contributed by atoms with E-state index < -0.39 is 5.97 Å². The van der Waals surface area contributed by atoms with Crippen molar-refractivity contribution >= 4 is 5.97 Å². The van der Waals surface area contributed by atoms with E-state index in [2.05, 4.69) is 10.9 Å². The van der Waals surface area contributed by atoms with E-state index >= 15 is 0 Å². The molecule has 0 saturated heterocycles. The van der Waals surface area contributed by atoms with Crippen LogP contribution in [0.3, 0.4) is 0 Å². The van der Waals surface area contributed by atoms with Crippen molar-refractivity contribution < 1.29 is 4.39 Å². The summed E-state index contributed by atoms with van der Waals surface area (Å²) in [6.07, 6.45) is 8.86. The average molecular weight is 139 g/mol. The molecule has 10 heavy (non-hydrogen) atoms. The van der Waals surface area contributed by atoms with Gasteiger partial charge in [-0.25, -0.2) is 4.99 Å². The van der Waals surface area contributed by atoms with Gasteiger partial charge in [0, 0.05) is 6.20 Å². The van der Waals surface area contributed by atoms with Crippen LogP contribution in [0.2, 0.25) is 0 Å². The van der Waals surface area contributed by atoms with Crippen LogP contribution in [0, 0.1) is 12.3 Å². The standard InChI is InChI=1S/C8H10FN/c1-3-5-7-10-8(9)6-4-2/h2,5,7H,3,6H2,1H3/b7-5-,10-8?. The van der Waals surface area contributed by atoms with Crippen molar-refractivity contribution in [2.75, 3.05) is 0 Å². The predicted molar refractivity (Wildman–Crippen MR) is 41.4 cm³/mol. The second-order valence-corrected chi connectivity index (χ2v) is 1.68. The fourth-order valence-electron chi connectivity index (χ4n) is 0.369. The second kappa shape index (κ2) is 6.03. The van der Waals surface area contributed by atoms with E-state index in [9.17, 15) is 4.39 Å². The molecule has 1 nitrogen and oxygen atoms in total. The van der Waals surface area contributed by atoms with Crippen molar-refractivity contribution in [1.82, 2.24) is 0 Å². The van der Waals surface area contributed by atoms with Gasteiger partial charge in [-0.05, 0) is 6.42 Å². The van der Waals surface area contributed by atoms with Crippen molar-refractivity contribution in [3.8, 4) is 12.3 Å². The first kappa shape index (κ1) is 8.90. The zero-order chi connectivity index (χ0) is 7.82. The summed E-state index contributed by atoms with van der Waals surface area (Å²) in [5.74, 6) is 1.65. The van der Waals surface area contributed by atoms with Gasteiger partial charge in [0.2, 0.25) is 5.97 Å². The molecule has 0 aliphatic heterocycles. The van der Waals surface area contributed by atoms with E-state index in [0.717, 1.165) is 6.42 Å². The molecule has 0 unspecified atom stereocenters. The number of hydrogen-bond donors (Lipinski definition) is 0. The molecule has 0 fully saturated rings. The van der Waals surface area contributed by atoms with Gasteiger partial charge in [0.05, 0.1) is 6.42 Å². The molecule has 0 aliphatic rings. The number of halogens is 1. The Morgan fingerprint density at radius 1 is 1.80 bits per heavy atom. The maximum absolute atomic E-state index is 12.3. The number of terminal acetylenes is 1. The van der Waals surface area contributed by atoms with Crippen LogP contribution >= 0.6 is 0 Å². The number of aliphatic imine (C=N–C) groups is 1. The van der Waals surface area contributed by atoms with Gasteiger partial charge in [-0.3, -0.25) is 0 Å². The smallest absolute Gasteiger partial charge is 0.200 e. The summed E-state index contributed by atoms with van der Waals surface area (Å²) in [6.45, 7) is 1.95. The van der Waals surface area contributed by atoms with Gasteiger partial charge in [0.1, 0.15) is 0 Å². The molecule has 0 N–H and O–H groups in total. The summed E-state index contributed by atoms with van der Waals surface area (Å²) in [6, 6.07) is 0. The molecule has 0 aromatic heterocycles. The van der Waals surface area contributed by atoms with E-state index in [0.29, 0.717) is 0 Å². The monoisotopic (exact) mass is 139 g/mol. The first-order chi connectivity index (χ1) is 4.81. The lowest BCUT2D eigenvalue weighted by molar-refractivity contribution is 0.786. The van der Waals surface area contributed by atoms with Crippen LogP contribution in [0.15, 0.2) is 17.3 Å². The van der Waals surface area contributed by atoms with Gasteiger partial charge >= 0.3 is 0 Å². The van der Waals surface area contributed by atoms with Crippen LogP contribution in [-0.4, -0.2) is 5.97 Å². The molecule has 0 aliphatic carbocycles. The molecule has 0 aromatic rings. The fourth-order valence-corrected chi connectivity index (χ4v) is 0.369. The molecule has 0 bridgehead atoms. The van der Waals surface area contributed by atoms with Crippen molar-refractivity contribution in [3.05, 3.63) is 12.3 Å². The first-order valence-electron chi connectivity index (χ1n) is 3.12. The molecule has 0 radical (unpaired) electrons. The van der Waals surface area contributed by atoms with E-state index in [1.54, 1.807) is 6.08 Å². The Kier molecular flexibility index (Phi) is 5.36. The molecule has 54 valence electrons. The Bertz CT molecular complexity index is 174. The van der Waals surface area contributed by atoms with Crippen LogP contribution in [0.25, 0.3) is 0 Å². The molecule has 2 heteroatoms. The molecular weight excluding hydrogens is 129 g/mol. The molecule has 0 atom stereocenters. The van der Waals surface area contributed by atoms with Crippen molar-refractivity contribution in [1.29, 1.82) is 0 Å². The van der Waals surface area contributed by atoms with Gasteiger partial charge in [0.15, 0.2) is 0 Å². The molecule has 0 saturated carbocycles. The summed E-state index contributed by atoms with van der Waals surface area (Å²) in [7, 11) is 0. The Labute approximate surface area is 60.7 Å². The maximum atomic E-state index is 12.3. The van der Waals surface area contributed by atoms with Gasteiger partial charge < -0.3 is 0 Å². The molecule has 0 spiro atoms. The first-order valence-corrected chi connectivity index (χ1v) is 3.12. The van der Waals surface area contributed by atoms with Gasteiger partial charge in [-0.2, -0.15) is 4.39 Å². The summed E-state index contributed by atoms with van der Waals surface area (Å²) in [5, 5.41) is 0. The van der Waals surface area contributed by atoms with Gasteiger partial charge in [-0.15, -0.1) is 6.42 Å². The maximum Gasteiger partial charge on any atom is 0.200 e. The third-order valence-corrected chi connectivity index (χ3v) is 0.804. The lowest BCUT2D eigenvalue weighted by Crippen LogP contribution is -1.82. The minimum Gasteiger partial charge on any atom is -0.232 e. The number of allylic oxidation sites excluding steroid dienone is 1. The van der Waals surface area contributed by atoms with E-state index in [1.807, 2.05) is 6.92 Å². The normalized spacial score (nSPS) is 11.9. The largest absolute Gasteiger partial charge is 0.232 e. The molecule has 0 heterocycles. The average Bonchev–Trinajstić information content (AvgIpc) is 1.89. The fraction of sp³-hybridized carbons (Fsp3) is 0.375. The molecular formula is C8H10FN. The predicted octanol–water partition coefficient (Wildman–Crippen LogP) is 2.30. The zero-order valence-corrected chi connectivity index (χ0v) is 5.97. The SMILES string of the molecule is C#CCC(F)=N/C=C\CC. The highest BCUT2D eigenvalue weighted by molar-refractivity contribution is 5.77. The lowest BCUT2D eigenvalue weighted by atomic mass is 10.4. The second-order valence-electron chi connectivity index (χ2n) is 1.68. The molecule has 0 aromatic carbocycles. The highest BCUT2D eigenvalue weighted by atomic mass is 19.1. The van der Waals surface area contributed by atoms with Crippen molar-refractivity contribution in [2.45, 2.75) is 19.8 Å². The Morgan fingerprint density at radius 2 is 2.50 bits per heavy atom. The van der Waals surface area contributed by atoms with Crippen LogP contribution in [0.1, 0.15) is 19.8 Å². The van der Waals surface area contributed by atoms with Crippen LogP contribution < -0.4 is 0 Å². The Hall–Kier alpha value is -1.10. The highest BCUT2D eigenvalue weighted by Crippen LogP contribution is 1.89. The Morgan fingerprint density at radius 3 is 3.00 bits per heavy atom. The van der Waals surface area contributed by atoms with Crippen LogP contribution in [0.4, 0.5) is 4.39 Å². The molecule has 0 rings (SSSR count). The van der Waals surface area contributed by atoms with E-state index in [-0.39, 0.29) is 6.42 Å². The third kappa shape index (κ3) is 5.04. The summed E-state index contributed by atoms with van der Waals surface area (Å²) < 4.78 is 12.3. The van der Waals surface area contributed by atoms with Crippen LogP contribution in [-0.2, 0) is 0 Å². The van der Waals surface area contributed by atoms with E-state index in [1.165, 1.54) is 6.20 Å². The Balaban J connectivity index is 3.70. The van der Waals surface area contributed by atoms with Crippen molar-refractivity contribution in [2.24, 2.45) is 4.99 Å². The minimum absolute atomic E-state index is 0.0198. The van der Waals surface area contributed by atoms with Crippen molar-refractivity contribution in [3.63, 3.8) is 0 Å². The van der Waals surface area contributed by atoms with Crippen LogP contribution in [0.5, 0.6) is 0 Å². The highest BCUT2D eigenvalue weighted by Gasteiger charge is 1.87. The quantitative estimate of drug-likeness (QED) is 0.420. The lowest BCUT2D eigenvalue weighted by Gasteiger charge is -1.82. The minimum atomic E-state index is -0.507. The third-order valence-electron chi connectivity index (χ3n) is 0.804. The summed E-state index contributed by atoms with van der Waals surface area (Å²) >= 11 is 0. The number of rotatable bonds is 3. The topological polar surface area (TPSA) is 12.4 Å². The van der Waals surface area contributed by atoms with Gasteiger partial charge in [-0.1, -0.05) is 18.9 Å². The summed E-state index contributed by atoms with van der Waals surface area (Å²) in [4.78, 5) is 3.43.